The van der Waals surface area contributed by atoms with Gasteiger partial charge in [0.15, 0.2) is 0 Å². The Labute approximate surface area is 229 Å². The highest BCUT2D eigenvalue weighted by Gasteiger charge is 2.38. The zero-order chi connectivity index (χ0) is 28.7. The molecule has 1 aliphatic heterocycles. The van der Waals surface area contributed by atoms with Gasteiger partial charge in [-0.05, 0) is 29.7 Å². The van der Waals surface area contributed by atoms with Crippen molar-refractivity contribution in [1.29, 1.82) is 0 Å². The average molecular weight is 558 g/mol. The number of methoxy groups -OCH3 is 1. The quantitative estimate of drug-likeness (QED) is 0.357. The minimum Gasteiger partial charge on any atom is -0.469 e. The number of piperazine rings is 1. The van der Waals surface area contributed by atoms with Crippen molar-refractivity contribution in [3.8, 4) is 0 Å². The Kier molecular flexibility index (Phi) is 9.20. The molecule has 0 aliphatic carbocycles. The number of benzene rings is 2. The number of carboxylic acid groups (broad SMARTS) is 1. The molecule has 1 aliphatic rings. The van der Waals surface area contributed by atoms with Gasteiger partial charge in [0.25, 0.3) is 0 Å². The van der Waals surface area contributed by atoms with E-state index in [1.165, 1.54) is 12.0 Å². The largest absolute Gasteiger partial charge is 0.469 e. The van der Waals surface area contributed by atoms with E-state index < -0.39 is 29.7 Å². The van der Waals surface area contributed by atoms with E-state index in [9.17, 15) is 22.8 Å². The predicted molar refractivity (Wildman–Crippen MR) is 141 cm³/mol. The number of nitrogens with zero attached hydrogens (tertiary/aromatic N) is 4. The van der Waals surface area contributed by atoms with E-state index >= 15 is 0 Å². The summed E-state index contributed by atoms with van der Waals surface area (Å²) >= 11 is 0. The third-order valence-electron chi connectivity index (χ3n) is 6.74. The van der Waals surface area contributed by atoms with Gasteiger partial charge in [-0.1, -0.05) is 42.5 Å². The average Bonchev–Trinajstić information content (AvgIpc) is 2.94. The van der Waals surface area contributed by atoms with Crippen LogP contribution >= 0.6 is 0 Å². The van der Waals surface area contributed by atoms with E-state index in [0.717, 1.165) is 17.3 Å². The van der Waals surface area contributed by atoms with Gasteiger partial charge in [0.2, 0.25) is 5.95 Å². The molecule has 3 aromatic rings. The first-order valence-corrected chi connectivity index (χ1v) is 12.7. The summed E-state index contributed by atoms with van der Waals surface area (Å²) in [6.07, 6.45) is -5.01. The zero-order valence-corrected chi connectivity index (χ0v) is 21.9. The Hall–Kier alpha value is -4.19. The molecule has 2 N–H and O–H groups in total. The molecule has 212 valence electrons. The first-order valence-electron chi connectivity index (χ1n) is 12.7. The number of carbonyl (C=O) groups is 2. The van der Waals surface area contributed by atoms with Crippen LogP contribution in [-0.2, 0) is 28.7 Å². The summed E-state index contributed by atoms with van der Waals surface area (Å²) in [5, 5.41) is 12.1. The SMILES string of the molecule is COC(=O)CC(Cc1ccccc1)c1nc(Nc2ccc(CN3CCN(C(=O)O)CC3)cc2)ncc1C(F)(F)F. The monoisotopic (exact) mass is 557 g/mol. The van der Waals surface area contributed by atoms with Crippen LogP contribution in [-0.4, -0.2) is 70.2 Å². The van der Waals surface area contributed by atoms with Crippen molar-refractivity contribution in [1.82, 2.24) is 19.8 Å². The van der Waals surface area contributed by atoms with Gasteiger partial charge in [0, 0.05) is 50.5 Å². The van der Waals surface area contributed by atoms with E-state index in [4.69, 9.17) is 9.84 Å². The Balaban J connectivity index is 1.52. The second kappa shape index (κ2) is 12.8. The van der Waals surface area contributed by atoms with E-state index in [2.05, 4.69) is 20.2 Å². The molecule has 1 aromatic heterocycles. The number of hydrogen-bond donors (Lipinski definition) is 2. The smallest absolute Gasteiger partial charge is 0.419 e. The highest BCUT2D eigenvalue weighted by Crippen LogP contribution is 2.37. The van der Waals surface area contributed by atoms with E-state index in [1.54, 1.807) is 42.5 Å². The number of carbonyl (C=O) groups excluding carboxylic acids is 1. The van der Waals surface area contributed by atoms with Crippen LogP contribution in [0.5, 0.6) is 0 Å². The summed E-state index contributed by atoms with van der Waals surface area (Å²) in [6, 6.07) is 16.2. The molecule has 12 heteroatoms. The van der Waals surface area contributed by atoms with Gasteiger partial charge in [0.1, 0.15) is 0 Å². The lowest BCUT2D eigenvalue weighted by molar-refractivity contribution is -0.143. The summed E-state index contributed by atoms with van der Waals surface area (Å²) in [5.74, 6) is -1.55. The molecule has 1 amide bonds. The summed E-state index contributed by atoms with van der Waals surface area (Å²) in [6.45, 7) is 2.80. The van der Waals surface area contributed by atoms with E-state index in [1.807, 2.05) is 12.1 Å². The van der Waals surface area contributed by atoms with Gasteiger partial charge >= 0.3 is 18.2 Å². The Bertz CT molecular complexity index is 1300. The highest BCUT2D eigenvalue weighted by molar-refractivity contribution is 5.70. The van der Waals surface area contributed by atoms with Crippen molar-refractivity contribution < 1.29 is 32.6 Å². The third-order valence-corrected chi connectivity index (χ3v) is 6.74. The Morgan fingerprint density at radius 3 is 2.30 bits per heavy atom. The maximum Gasteiger partial charge on any atom is 0.419 e. The summed E-state index contributed by atoms with van der Waals surface area (Å²) in [5.41, 5.74) is 1.07. The third kappa shape index (κ3) is 7.69. The predicted octanol–water partition coefficient (Wildman–Crippen LogP) is 4.92. The highest BCUT2D eigenvalue weighted by atomic mass is 19.4. The standard InChI is InChI=1S/C28H30F3N5O4/c1-40-24(37)16-21(15-19-5-3-2-4-6-19)25-23(28(29,30)31)17-32-26(34-25)33-22-9-7-20(8-10-22)18-35-11-13-36(14-12-35)27(38)39/h2-10,17,21H,11-16,18H2,1H3,(H,38,39)(H,32,33,34). The van der Waals surface area contributed by atoms with Gasteiger partial charge in [-0.3, -0.25) is 9.69 Å². The molecule has 4 rings (SSSR count). The molecule has 1 saturated heterocycles. The van der Waals surface area contributed by atoms with Crippen molar-refractivity contribution in [2.45, 2.75) is 31.5 Å². The number of rotatable bonds is 9. The molecule has 9 nitrogen and oxygen atoms in total. The lowest BCUT2D eigenvalue weighted by atomic mass is 9.90. The molecule has 0 saturated carbocycles. The van der Waals surface area contributed by atoms with Crippen molar-refractivity contribution in [3.63, 3.8) is 0 Å². The van der Waals surface area contributed by atoms with Gasteiger partial charge in [0.05, 0.1) is 24.8 Å². The fourth-order valence-corrected chi connectivity index (χ4v) is 4.61. The number of hydrogen-bond acceptors (Lipinski definition) is 7. The first kappa shape index (κ1) is 28.8. The minimum absolute atomic E-state index is 0.0246. The van der Waals surface area contributed by atoms with E-state index in [0.29, 0.717) is 38.4 Å². The molecule has 40 heavy (non-hydrogen) atoms. The van der Waals surface area contributed by atoms with Crippen molar-refractivity contribution in [2.24, 2.45) is 0 Å². The van der Waals surface area contributed by atoms with Crippen LogP contribution < -0.4 is 5.32 Å². The molecule has 2 aromatic carbocycles. The van der Waals surface area contributed by atoms with Gasteiger partial charge in [-0.2, -0.15) is 13.2 Å². The van der Waals surface area contributed by atoms with E-state index in [-0.39, 0.29) is 24.5 Å². The van der Waals surface area contributed by atoms with Crippen LogP contribution in [0, 0.1) is 0 Å². The summed E-state index contributed by atoms with van der Waals surface area (Å²) in [7, 11) is 1.19. The molecule has 0 bridgehead atoms. The normalized spacial score (nSPS) is 14.9. The molecular weight excluding hydrogens is 527 g/mol. The van der Waals surface area contributed by atoms with Crippen molar-refractivity contribution in [3.05, 3.63) is 83.2 Å². The molecular formula is C28H30F3N5O4. The van der Waals surface area contributed by atoms with Gasteiger partial charge in [-0.25, -0.2) is 14.8 Å². The molecule has 1 fully saturated rings. The zero-order valence-electron chi connectivity index (χ0n) is 21.9. The first-order chi connectivity index (χ1) is 19.1. The molecule has 2 heterocycles. The topological polar surface area (TPSA) is 108 Å². The van der Waals surface area contributed by atoms with Crippen LogP contribution in [0.1, 0.15) is 34.7 Å². The minimum atomic E-state index is -4.71. The molecule has 0 spiro atoms. The van der Waals surface area contributed by atoms with Crippen LogP contribution in [0.3, 0.4) is 0 Å². The number of nitrogens with one attached hydrogen (secondary N) is 1. The van der Waals surface area contributed by atoms with Gasteiger partial charge < -0.3 is 20.1 Å². The lowest BCUT2D eigenvalue weighted by Crippen LogP contribution is -2.47. The number of ether oxygens (including phenoxy) is 1. The second-order valence-corrected chi connectivity index (χ2v) is 9.52. The summed E-state index contributed by atoms with van der Waals surface area (Å²) in [4.78, 5) is 34.9. The van der Waals surface area contributed by atoms with Gasteiger partial charge in [-0.15, -0.1) is 0 Å². The molecule has 1 atom stereocenters. The number of aromatic nitrogens is 2. The summed E-state index contributed by atoms with van der Waals surface area (Å²) < 4.78 is 46.7. The Morgan fingerprint density at radius 2 is 1.70 bits per heavy atom. The fourth-order valence-electron chi connectivity index (χ4n) is 4.61. The van der Waals surface area contributed by atoms with Crippen molar-refractivity contribution >= 4 is 23.7 Å². The number of amides is 1. The van der Waals surface area contributed by atoms with Crippen molar-refractivity contribution in [2.75, 3.05) is 38.6 Å². The number of esters is 1. The number of anilines is 2. The fraction of sp³-hybridized carbons (Fsp3) is 0.357. The number of halogens is 3. The van der Waals surface area contributed by atoms with Crippen LogP contribution in [0.4, 0.5) is 29.6 Å². The second-order valence-electron chi connectivity index (χ2n) is 9.52. The molecule has 0 radical (unpaired) electrons. The molecule has 1 unspecified atom stereocenters. The Morgan fingerprint density at radius 1 is 1.02 bits per heavy atom. The number of alkyl halides is 3. The van der Waals surface area contributed by atoms with Crippen LogP contribution in [0.2, 0.25) is 0 Å². The lowest BCUT2D eigenvalue weighted by Gasteiger charge is -2.33. The van der Waals surface area contributed by atoms with Crippen LogP contribution in [0.15, 0.2) is 60.8 Å². The maximum atomic E-state index is 14.0. The maximum absolute atomic E-state index is 14.0. The van der Waals surface area contributed by atoms with Crippen LogP contribution in [0.25, 0.3) is 0 Å².